The third-order valence-corrected chi connectivity index (χ3v) is 3.84. The molecule has 0 aliphatic carbocycles. The number of rotatable bonds is 5. The van der Waals surface area contributed by atoms with Gasteiger partial charge in [0.1, 0.15) is 6.04 Å². The average molecular weight is 311 g/mol. The molecule has 0 saturated carbocycles. The van der Waals surface area contributed by atoms with Gasteiger partial charge in [0.25, 0.3) is 0 Å². The van der Waals surface area contributed by atoms with E-state index in [1.165, 1.54) is 16.9 Å². The summed E-state index contributed by atoms with van der Waals surface area (Å²) in [5, 5.41) is 8.42. The van der Waals surface area contributed by atoms with Crippen molar-refractivity contribution in [3.8, 4) is 0 Å². The minimum Gasteiger partial charge on any atom is -0.481 e. The fourth-order valence-electron chi connectivity index (χ4n) is 1.44. The van der Waals surface area contributed by atoms with E-state index in [0.717, 1.165) is 6.07 Å². The molecule has 0 aliphatic rings. The molecule has 0 unspecified atom stereocenters. The largest absolute Gasteiger partial charge is 0.481 e. The summed E-state index contributed by atoms with van der Waals surface area (Å²) < 4.78 is 62.9. The number of aliphatic carboxylic acids is 1. The fourth-order valence-corrected chi connectivity index (χ4v) is 2.76. The van der Waals surface area contributed by atoms with E-state index in [1.807, 2.05) is 0 Å². The number of carboxylic acid groups (broad SMARTS) is 1. The summed E-state index contributed by atoms with van der Waals surface area (Å²) in [6, 6.07) is 2.60. The maximum absolute atomic E-state index is 12.6. The summed E-state index contributed by atoms with van der Waals surface area (Å²) in [6.07, 6.45) is -6.37. The van der Waals surface area contributed by atoms with Crippen LogP contribution in [0.3, 0.4) is 0 Å². The zero-order valence-electron chi connectivity index (χ0n) is 10.3. The minimum atomic E-state index is -4.99. The number of sulfonamides is 1. The third kappa shape index (κ3) is 4.49. The highest BCUT2D eigenvalue weighted by Gasteiger charge is 2.43. The van der Waals surface area contributed by atoms with Crippen molar-refractivity contribution in [3.63, 3.8) is 0 Å². The van der Waals surface area contributed by atoms with Crippen LogP contribution in [0.4, 0.5) is 13.2 Å². The molecular formula is C11H12F3NO4S. The summed E-state index contributed by atoms with van der Waals surface area (Å²) >= 11 is 0. The van der Waals surface area contributed by atoms with Gasteiger partial charge in [0.2, 0.25) is 10.0 Å². The number of alkyl halides is 3. The van der Waals surface area contributed by atoms with Gasteiger partial charge in [-0.3, -0.25) is 4.79 Å². The number of carbonyl (C=O) groups is 1. The van der Waals surface area contributed by atoms with E-state index in [-0.39, 0.29) is 4.90 Å². The first-order valence-corrected chi connectivity index (χ1v) is 6.88. The number of hydrogen-bond donors (Lipinski definition) is 2. The average Bonchev–Trinajstić information content (AvgIpc) is 2.26. The predicted octanol–water partition coefficient (Wildman–Crippen LogP) is 1.68. The third-order valence-electron chi connectivity index (χ3n) is 2.37. The summed E-state index contributed by atoms with van der Waals surface area (Å²) in [7, 11) is -4.44. The molecule has 1 aromatic rings. The van der Waals surface area contributed by atoms with E-state index >= 15 is 0 Å². The summed E-state index contributed by atoms with van der Waals surface area (Å²) in [5.41, 5.74) is 0.551. The minimum absolute atomic E-state index is 0.350. The first kappa shape index (κ1) is 16.4. The Labute approximate surface area is 113 Å². The zero-order chi connectivity index (χ0) is 15.6. The highest BCUT2D eigenvalue weighted by atomic mass is 32.2. The van der Waals surface area contributed by atoms with Gasteiger partial charge < -0.3 is 5.11 Å². The number of benzene rings is 1. The van der Waals surface area contributed by atoms with Gasteiger partial charge in [-0.05, 0) is 24.6 Å². The number of carboxylic acids is 1. The topological polar surface area (TPSA) is 83.5 Å². The van der Waals surface area contributed by atoms with E-state index in [9.17, 15) is 26.4 Å². The molecule has 0 spiro atoms. The first-order valence-electron chi connectivity index (χ1n) is 5.40. The maximum Gasteiger partial charge on any atom is 0.405 e. The molecule has 0 amide bonds. The molecule has 0 aliphatic heterocycles. The molecule has 0 fully saturated rings. The summed E-state index contributed by atoms with van der Waals surface area (Å²) in [5.74, 6) is -1.75. The van der Waals surface area contributed by atoms with Crippen LogP contribution in [0.2, 0.25) is 0 Å². The van der Waals surface area contributed by atoms with E-state index in [4.69, 9.17) is 5.11 Å². The Hall–Kier alpha value is -1.61. The summed E-state index contributed by atoms with van der Waals surface area (Å²) in [4.78, 5) is 10.0. The quantitative estimate of drug-likeness (QED) is 0.866. The van der Waals surface area contributed by atoms with Crippen molar-refractivity contribution in [2.45, 2.75) is 30.5 Å². The van der Waals surface area contributed by atoms with Crippen LogP contribution >= 0.6 is 0 Å². The van der Waals surface area contributed by atoms with Crippen molar-refractivity contribution in [1.82, 2.24) is 4.72 Å². The van der Waals surface area contributed by atoms with Crippen molar-refractivity contribution in [3.05, 3.63) is 29.8 Å². The second kappa shape index (κ2) is 5.80. The lowest BCUT2D eigenvalue weighted by Crippen LogP contribution is -2.46. The van der Waals surface area contributed by atoms with Gasteiger partial charge in [0.05, 0.1) is 11.3 Å². The molecule has 5 nitrogen and oxygen atoms in total. The summed E-state index contributed by atoms with van der Waals surface area (Å²) in [6.45, 7) is 1.58. The predicted molar refractivity (Wildman–Crippen MR) is 63.6 cm³/mol. The van der Waals surface area contributed by atoms with Crippen LogP contribution in [0, 0.1) is 6.92 Å². The monoisotopic (exact) mass is 311 g/mol. The lowest BCUT2D eigenvalue weighted by atomic mass is 10.2. The van der Waals surface area contributed by atoms with Gasteiger partial charge in [-0.2, -0.15) is 17.9 Å². The molecule has 112 valence electrons. The number of halogens is 3. The Morgan fingerprint density at radius 3 is 2.45 bits per heavy atom. The van der Waals surface area contributed by atoms with E-state index < -0.39 is 34.6 Å². The Morgan fingerprint density at radius 2 is 2.00 bits per heavy atom. The van der Waals surface area contributed by atoms with Gasteiger partial charge in [-0.1, -0.05) is 12.1 Å². The molecule has 0 saturated heterocycles. The number of hydrogen-bond acceptors (Lipinski definition) is 3. The lowest BCUT2D eigenvalue weighted by Gasteiger charge is -2.20. The smallest absolute Gasteiger partial charge is 0.405 e. The Bertz CT molecular complexity index is 598. The molecular weight excluding hydrogens is 299 g/mol. The Balaban J connectivity index is 3.06. The molecule has 0 heterocycles. The van der Waals surface area contributed by atoms with Crippen LogP contribution in [0.1, 0.15) is 12.0 Å². The molecule has 1 aromatic carbocycles. The van der Waals surface area contributed by atoms with Crippen molar-refractivity contribution in [2.75, 3.05) is 0 Å². The van der Waals surface area contributed by atoms with Gasteiger partial charge >= 0.3 is 12.1 Å². The van der Waals surface area contributed by atoms with Crippen LogP contribution in [0.15, 0.2) is 29.2 Å². The molecule has 0 aromatic heterocycles. The normalized spacial score (nSPS) is 14.0. The molecule has 1 atom stereocenters. The van der Waals surface area contributed by atoms with E-state index in [2.05, 4.69) is 0 Å². The van der Waals surface area contributed by atoms with Gasteiger partial charge in [-0.25, -0.2) is 8.42 Å². The van der Waals surface area contributed by atoms with Crippen molar-refractivity contribution < 1.29 is 31.5 Å². The van der Waals surface area contributed by atoms with Gasteiger partial charge in [0, 0.05) is 0 Å². The van der Waals surface area contributed by atoms with E-state index in [0.29, 0.717) is 5.56 Å². The van der Waals surface area contributed by atoms with Crippen molar-refractivity contribution in [2.24, 2.45) is 0 Å². The molecule has 0 bridgehead atoms. The van der Waals surface area contributed by atoms with Crippen LogP contribution in [-0.2, 0) is 14.8 Å². The zero-order valence-corrected chi connectivity index (χ0v) is 11.1. The number of aryl methyl sites for hydroxylation is 1. The standard InChI is InChI=1S/C11H12F3NO4S/c1-7-3-2-4-8(5-7)20(18,19)15-9(6-10(16)17)11(12,13)14/h2-5,9,15H,6H2,1H3,(H,16,17)/t9-/m1/s1. The SMILES string of the molecule is Cc1cccc(S(=O)(=O)N[C@H](CC(=O)O)C(F)(F)F)c1. The highest BCUT2D eigenvalue weighted by molar-refractivity contribution is 7.89. The fraction of sp³-hybridized carbons (Fsp3) is 0.364. The highest BCUT2D eigenvalue weighted by Crippen LogP contribution is 2.24. The van der Waals surface area contributed by atoms with Crippen molar-refractivity contribution >= 4 is 16.0 Å². The second-order valence-electron chi connectivity index (χ2n) is 4.13. The second-order valence-corrected chi connectivity index (χ2v) is 5.84. The van der Waals surface area contributed by atoms with Crippen LogP contribution in [-0.4, -0.2) is 31.7 Å². The lowest BCUT2D eigenvalue weighted by molar-refractivity contribution is -0.163. The van der Waals surface area contributed by atoms with Crippen LogP contribution in [0.5, 0.6) is 0 Å². The van der Waals surface area contributed by atoms with Gasteiger partial charge in [-0.15, -0.1) is 0 Å². The Morgan fingerprint density at radius 1 is 1.40 bits per heavy atom. The molecule has 2 N–H and O–H groups in total. The van der Waals surface area contributed by atoms with Crippen LogP contribution in [0.25, 0.3) is 0 Å². The molecule has 20 heavy (non-hydrogen) atoms. The first-order chi connectivity index (χ1) is 9.02. The van der Waals surface area contributed by atoms with Crippen molar-refractivity contribution in [1.29, 1.82) is 0 Å². The molecule has 9 heteroatoms. The Kier molecular flexibility index (Phi) is 4.77. The van der Waals surface area contributed by atoms with Crippen LogP contribution < -0.4 is 4.72 Å². The molecule has 1 rings (SSSR count). The maximum atomic E-state index is 12.6. The van der Waals surface area contributed by atoms with E-state index in [1.54, 1.807) is 13.0 Å². The molecule has 0 radical (unpaired) electrons. The van der Waals surface area contributed by atoms with Gasteiger partial charge in [0.15, 0.2) is 0 Å². The number of nitrogens with one attached hydrogen (secondary N) is 1.